The molecule has 0 saturated heterocycles. The van der Waals surface area contributed by atoms with Crippen LogP contribution in [0, 0.1) is 0 Å². The molecule has 4 nitrogen and oxygen atoms in total. The van der Waals surface area contributed by atoms with Crippen LogP contribution < -0.4 is 10.1 Å². The van der Waals surface area contributed by atoms with E-state index in [1.165, 1.54) is 0 Å². The smallest absolute Gasteiger partial charge is 0.155 e. The Kier molecular flexibility index (Phi) is 7.18. The van der Waals surface area contributed by atoms with Crippen LogP contribution in [0.4, 0.5) is 0 Å². The van der Waals surface area contributed by atoms with Crippen LogP contribution in [0.15, 0.2) is 24.3 Å². The van der Waals surface area contributed by atoms with E-state index in [2.05, 4.69) is 19.2 Å². The Labute approximate surface area is 128 Å². The lowest BCUT2D eigenvalue weighted by atomic mass is 10.1. The van der Waals surface area contributed by atoms with Crippen LogP contribution in [0.1, 0.15) is 45.7 Å². The van der Waals surface area contributed by atoms with Crippen LogP contribution in [0.25, 0.3) is 0 Å². The number of benzene rings is 1. The zero-order chi connectivity index (χ0) is 15.9. The van der Waals surface area contributed by atoms with Gasteiger partial charge in [0.2, 0.25) is 0 Å². The first-order valence-corrected chi connectivity index (χ1v) is 9.26. The van der Waals surface area contributed by atoms with Crippen LogP contribution >= 0.6 is 0 Å². The molecule has 0 saturated carbocycles. The molecule has 1 N–H and O–H groups in total. The summed E-state index contributed by atoms with van der Waals surface area (Å²) in [5.74, 6) is 0.773. The van der Waals surface area contributed by atoms with Gasteiger partial charge in [-0.1, -0.05) is 19.1 Å². The van der Waals surface area contributed by atoms with E-state index in [9.17, 15) is 8.42 Å². The van der Waals surface area contributed by atoms with Gasteiger partial charge in [-0.2, -0.15) is 0 Å². The number of nitrogens with one attached hydrogen (secondary N) is 1. The average Bonchev–Trinajstić information content (AvgIpc) is 2.44. The van der Waals surface area contributed by atoms with E-state index < -0.39 is 9.84 Å². The van der Waals surface area contributed by atoms with Crippen molar-refractivity contribution in [3.05, 3.63) is 29.8 Å². The van der Waals surface area contributed by atoms with Gasteiger partial charge in [0.1, 0.15) is 12.4 Å². The molecule has 0 bridgehead atoms. The Morgan fingerprint density at radius 2 is 1.95 bits per heavy atom. The molecule has 1 unspecified atom stereocenters. The van der Waals surface area contributed by atoms with E-state index >= 15 is 0 Å². The second kappa shape index (κ2) is 8.39. The summed E-state index contributed by atoms with van der Waals surface area (Å²) >= 11 is 0. The Morgan fingerprint density at radius 1 is 1.24 bits per heavy atom. The molecular weight excluding hydrogens is 286 g/mol. The standard InChI is InChI=1S/C16H27NO3S/c1-5-9-17-14(4)15-7-6-8-16(12-15)20-10-11-21(18,19)13(2)3/h6-8,12-14,17H,5,9-11H2,1-4H3. The second-order valence-corrected chi connectivity index (χ2v) is 8.19. The van der Waals surface area contributed by atoms with Gasteiger partial charge in [-0.15, -0.1) is 0 Å². The van der Waals surface area contributed by atoms with E-state index in [1.54, 1.807) is 13.8 Å². The Bertz CT molecular complexity index is 526. The van der Waals surface area contributed by atoms with Gasteiger partial charge in [-0.3, -0.25) is 0 Å². The summed E-state index contributed by atoms with van der Waals surface area (Å²) in [6.45, 7) is 8.79. The quantitative estimate of drug-likeness (QED) is 0.761. The molecule has 0 aliphatic carbocycles. The average molecular weight is 313 g/mol. The van der Waals surface area contributed by atoms with Gasteiger partial charge in [-0.05, 0) is 51.4 Å². The summed E-state index contributed by atoms with van der Waals surface area (Å²) in [5, 5.41) is 3.06. The normalized spacial score (nSPS) is 13.4. The van der Waals surface area contributed by atoms with E-state index in [4.69, 9.17) is 4.74 Å². The number of ether oxygens (including phenoxy) is 1. The molecule has 0 radical (unpaired) electrons. The molecular formula is C16H27NO3S. The predicted octanol–water partition coefficient (Wildman–Crippen LogP) is 2.95. The van der Waals surface area contributed by atoms with Gasteiger partial charge < -0.3 is 10.1 Å². The molecule has 1 atom stereocenters. The number of rotatable bonds is 9. The topological polar surface area (TPSA) is 55.4 Å². The Balaban J connectivity index is 2.57. The fraction of sp³-hybridized carbons (Fsp3) is 0.625. The third-order valence-corrected chi connectivity index (χ3v) is 5.59. The summed E-state index contributed by atoms with van der Waals surface area (Å²) in [5.41, 5.74) is 1.15. The highest BCUT2D eigenvalue weighted by atomic mass is 32.2. The molecule has 5 heteroatoms. The molecule has 0 aromatic heterocycles. The molecule has 21 heavy (non-hydrogen) atoms. The molecule has 1 rings (SSSR count). The van der Waals surface area contributed by atoms with Crippen molar-refractivity contribution in [2.75, 3.05) is 18.9 Å². The summed E-state index contributed by atoms with van der Waals surface area (Å²) in [4.78, 5) is 0. The van der Waals surface area contributed by atoms with E-state index in [0.717, 1.165) is 24.3 Å². The summed E-state index contributed by atoms with van der Waals surface area (Å²) in [6, 6.07) is 8.07. The minimum absolute atomic E-state index is 0.0541. The maximum absolute atomic E-state index is 11.7. The van der Waals surface area contributed by atoms with Crippen molar-refractivity contribution in [1.29, 1.82) is 0 Å². The highest BCUT2D eigenvalue weighted by Crippen LogP contribution is 2.19. The van der Waals surface area contributed by atoms with Crippen LogP contribution in [-0.4, -0.2) is 32.6 Å². The fourth-order valence-corrected chi connectivity index (χ4v) is 2.65. The van der Waals surface area contributed by atoms with Crippen LogP contribution in [0.5, 0.6) is 5.75 Å². The monoisotopic (exact) mass is 313 g/mol. The molecule has 1 aromatic carbocycles. The van der Waals surface area contributed by atoms with Crippen molar-refractivity contribution in [3.8, 4) is 5.75 Å². The van der Waals surface area contributed by atoms with Gasteiger partial charge in [0.25, 0.3) is 0 Å². The predicted molar refractivity (Wildman–Crippen MR) is 87.6 cm³/mol. The summed E-state index contributed by atoms with van der Waals surface area (Å²) < 4.78 is 29.0. The van der Waals surface area contributed by atoms with E-state index in [-0.39, 0.29) is 23.7 Å². The van der Waals surface area contributed by atoms with Gasteiger partial charge in [0.05, 0.1) is 11.0 Å². The van der Waals surface area contributed by atoms with E-state index in [1.807, 2.05) is 24.3 Å². The SMILES string of the molecule is CCCNC(C)c1cccc(OCCS(=O)(=O)C(C)C)c1. The van der Waals surface area contributed by atoms with Crippen molar-refractivity contribution in [2.45, 2.75) is 45.4 Å². The highest BCUT2D eigenvalue weighted by Gasteiger charge is 2.15. The minimum atomic E-state index is -3.04. The van der Waals surface area contributed by atoms with Crippen LogP contribution in [-0.2, 0) is 9.84 Å². The minimum Gasteiger partial charge on any atom is -0.493 e. The second-order valence-electron chi connectivity index (χ2n) is 5.51. The van der Waals surface area contributed by atoms with Gasteiger partial charge in [0, 0.05) is 6.04 Å². The summed E-state index contributed by atoms with van der Waals surface area (Å²) in [6.07, 6.45) is 1.09. The van der Waals surface area contributed by atoms with Crippen molar-refractivity contribution >= 4 is 9.84 Å². The van der Waals surface area contributed by atoms with Gasteiger partial charge in [0.15, 0.2) is 9.84 Å². The first kappa shape index (κ1) is 18.0. The van der Waals surface area contributed by atoms with Gasteiger partial charge >= 0.3 is 0 Å². The third kappa shape index (κ3) is 6.06. The maximum Gasteiger partial charge on any atom is 0.155 e. The molecule has 1 aromatic rings. The van der Waals surface area contributed by atoms with Crippen molar-refractivity contribution < 1.29 is 13.2 Å². The van der Waals surface area contributed by atoms with Crippen molar-refractivity contribution in [2.24, 2.45) is 0 Å². The molecule has 0 heterocycles. The fourth-order valence-electron chi connectivity index (χ4n) is 1.86. The van der Waals surface area contributed by atoms with Crippen LogP contribution in [0.3, 0.4) is 0 Å². The number of sulfone groups is 1. The highest BCUT2D eigenvalue weighted by molar-refractivity contribution is 7.91. The van der Waals surface area contributed by atoms with Crippen molar-refractivity contribution in [1.82, 2.24) is 5.32 Å². The first-order chi connectivity index (χ1) is 9.86. The zero-order valence-electron chi connectivity index (χ0n) is 13.4. The molecule has 120 valence electrons. The van der Waals surface area contributed by atoms with Crippen LogP contribution in [0.2, 0.25) is 0 Å². The lowest BCUT2D eigenvalue weighted by molar-refractivity contribution is 0.339. The summed E-state index contributed by atoms with van der Waals surface area (Å²) in [7, 11) is -3.04. The maximum atomic E-state index is 11.7. The number of hydrogen-bond donors (Lipinski definition) is 1. The molecule has 0 amide bonds. The molecule has 0 fully saturated rings. The molecule has 0 aliphatic rings. The van der Waals surface area contributed by atoms with Crippen molar-refractivity contribution in [3.63, 3.8) is 0 Å². The Morgan fingerprint density at radius 3 is 2.57 bits per heavy atom. The number of hydrogen-bond acceptors (Lipinski definition) is 4. The molecule has 0 aliphatic heterocycles. The zero-order valence-corrected chi connectivity index (χ0v) is 14.2. The molecule has 0 spiro atoms. The Hall–Kier alpha value is -1.07. The van der Waals surface area contributed by atoms with E-state index in [0.29, 0.717) is 0 Å². The lowest BCUT2D eigenvalue weighted by Crippen LogP contribution is -2.22. The largest absolute Gasteiger partial charge is 0.493 e. The third-order valence-electron chi connectivity index (χ3n) is 3.41. The van der Waals surface area contributed by atoms with Gasteiger partial charge in [-0.25, -0.2) is 8.42 Å². The lowest BCUT2D eigenvalue weighted by Gasteiger charge is -2.15. The first-order valence-electron chi connectivity index (χ1n) is 7.54.